The summed E-state index contributed by atoms with van der Waals surface area (Å²) in [5.74, 6) is 0. The van der Waals surface area contributed by atoms with Crippen molar-refractivity contribution in [3.05, 3.63) is 28.8 Å². The van der Waals surface area contributed by atoms with Crippen molar-refractivity contribution in [2.45, 2.75) is 0 Å². The molecule has 0 aliphatic heterocycles. The minimum atomic E-state index is 0.404. The third-order valence-corrected chi connectivity index (χ3v) is 1.79. The minimum Gasteiger partial charge on any atom is -0.256 e. The molecule has 0 amide bonds. The fourth-order valence-corrected chi connectivity index (χ4v) is 1.07. The molecule has 0 atom stereocenters. The van der Waals surface area contributed by atoms with Crippen molar-refractivity contribution in [1.29, 1.82) is 5.26 Å². The highest BCUT2D eigenvalue weighted by molar-refractivity contribution is 7.80. The highest BCUT2D eigenvalue weighted by Crippen LogP contribution is 2.21. The van der Waals surface area contributed by atoms with Gasteiger partial charge in [-0.15, -0.1) is 0 Å². The van der Waals surface area contributed by atoms with E-state index < -0.39 is 0 Å². The molecule has 0 radical (unpaired) electrons. The fraction of sp³-hybridized carbons (Fsp3) is 0. The molecule has 13 heavy (non-hydrogen) atoms. The molecule has 0 saturated carbocycles. The van der Waals surface area contributed by atoms with Crippen LogP contribution in [0.1, 0.15) is 5.56 Å². The topological polar surface area (TPSA) is 36.1 Å². The molecule has 64 valence electrons. The second-order valence-corrected chi connectivity index (χ2v) is 2.87. The fourth-order valence-electron chi connectivity index (χ4n) is 0.791. The molecule has 1 aromatic rings. The molecule has 0 saturated heterocycles. The van der Waals surface area contributed by atoms with Crippen molar-refractivity contribution in [3.63, 3.8) is 0 Å². The highest BCUT2D eigenvalue weighted by Gasteiger charge is 1.98. The van der Waals surface area contributed by atoms with E-state index >= 15 is 0 Å². The number of rotatable bonds is 2. The van der Waals surface area contributed by atoms with Gasteiger partial charge in [-0.05, 0) is 18.2 Å². The maximum absolute atomic E-state index is 8.59. The van der Waals surface area contributed by atoms with Crippen molar-refractivity contribution in [2.24, 2.45) is 4.99 Å². The van der Waals surface area contributed by atoms with Gasteiger partial charge < -0.3 is 0 Å². The van der Waals surface area contributed by atoms with E-state index in [0.29, 0.717) is 16.3 Å². The Labute approximate surface area is 86.5 Å². The quantitative estimate of drug-likeness (QED) is 0.554. The second kappa shape index (κ2) is 4.70. The average molecular weight is 209 g/mol. The van der Waals surface area contributed by atoms with Crippen LogP contribution in [-0.4, -0.2) is 11.6 Å². The van der Waals surface area contributed by atoms with Gasteiger partial charge in [-0.3, -0.25) is 4.99 Å². The zero-order valence-corrected chi connectivity index (χ0v) is 8.14. The van der Waals surface area contributed by atoms with E-state index in [4.69, 9.17) is 16.9 Å². The number of hydrogen-bond acceptors (Lipinski definition) is 3. The van der Waals surface area contributed by atoms with Crippen LogP contribution in [0, 0.1) is 11.3 Å². The Kier molecular flexibility index (Phi) is 3.56. The third-order valence-electron chi connectivity index (χ3n) is 1.36. The van der Waals surface area contributed by atoms with Gasteiger partial charge >= 0.3 is 0 Å². The summed E-state index contributed by atoms with van der Waals surface area (Å²) in [6, 6.07) is 6.92. The van der Waals surface area contributed by atoms with Crippen molar-refractivity contribution < 1.29 is 0 Å². The number of thiocarbonyl (C=S) groups is 1. The molecule has 0 fully saturated rings. The Hall–Kier alpha value is -1.24. The Morgan fingerprint density at radius 1 is 1.54 bits per heavy atom. The first-order chi connectivity index (χ1) is 6.27. The minimum absolute atomic E-state index is 0.404. The summed E-state index contributed by atoms with van der Waals surface area (Å²) in [5.41, 5.74) is 1.13. The van der Waals surface area contributed by atoms with E-state index in [9.17, 15) is 0 Å². The predicted octanol–water partition coefficient (Wildman–Crippen LogP) is 2.91. The normalized spacial score (nSPS) is 9.85. The lowest BCUT2D eigenvalue weighted by atomic mass is 10.2. The van der Waals surface area contributed by atoms with Gasteiger partial charge in [0.2, 0.25) is 0 Å². The van der Waals surface area contributed by atoms with Crippen LogP contribution < -0.4 is 0 Å². The molecular weight excluding hydrogens is 204 g/mol. The van der Waals surface area contributed by atoms with Gasteiger partial charge in [0, 0.05) is 11.6 Å². The Morgan fingerprint density at radius 3 is 2.85 bits per heavy atom. The maximum Gasteiger partial charge on any atom is 0.101 e. The molecule has 1 aromatic carbocycles. The van der Waals surface area contributed by atoms with Crippen LogP contribution in [0.25, 0.3) is 0 Å². The number of benzene rings is 1. The highest BCUT2D eigenvalue weighted by atomic mass is 35.5. The van der Waals surface area contributed by atoms with Gasteiger partial charge in [0.25, 0.3) is 0 Å². The summed E-state index contributed by atoms with van der Waals surface area (Å²) in [4.78, 5) is 3.98. The molecule has 0 N–H and O–H groups in total. The van der Waals surface area contributed by atoms with Crippen molar-refractivity contribution in [3.8, 4) is 6.07 Å². The first-order valence-electron chi connectivity index (χ1n) is 3.45. The van der Waals surface area contributed by atoms with Gasteiger partial charge in [0.1, 0.15) is 6.07 Å². The van der Waals surface area contributed by atoms with E-state index in [0.717, 1.165) is 0 Å². The zero-order chi connectivity index (χ0) is 9.68. The summed E-state index contributed by atoms with van der Waals surface area (Å²) in [6.45, 7) is 0. The van der Waals surface area contributed by atoms with E-state index in [1.54, 1.807) is 18.2 Å². The van der Waals surface area contributed by atoms with Gasteiger partial charge in [0.15, 0.2) is 0 Å². The van der Waals surface area contributed by atoms with Crippen molar-refractivity contribution >= 4 is 41.1 Å². The van der Waals surface area contributed by atoms with Crippen LogP contribution in [0.3, 0.4) is 0 Å². The summed E-state index contributed by atoms with van der Waals surface area (Å²) in [7, 11) is 0. The maximum atomic E-state index is 8.59. The van der Waals surface area contributed by atoms with E-state index in [2.05, 4.69) is 17.2 Å². The number of halogens is 1. The summed E-state index contributed by atoms with van der Waals surface area (Å²) in [5, 5.41) is 10.4. The smallest absolute Gasteiger partial charge is 0.101 e. The molecule has 0 heterocycles. The molecule has 2 nitrogen and oxygen atoms in total. The zero-order valence-electron chi connectivity index (χ0n) is 6.57. The lowest BCUT2D eigenvalue weighted by Gasteiger charge is -1.95. The average Bonchev–Trinajstić information content (AvgIpc) is 2.15. The van der Waals surface area contributed by atoms with Crippen LogP contribution in [0.4, 0.5) is 5.69 Å². The molecule has 0 aliphatic carbocycles. The molecule has 0 unspecified atom stereocenters. The monoisotopic (exact) mass is 208 g/mol. The Bertz CT molecular complexity index is 393. The lowest BCUT2D eigenvalue weighted by Crippen LogP contribution is -1.76. The lowest BCUT2D eigenvalue weighted by molar-refractivity contribution is 1.47. The Balaban J connectivity index is 3.04. The number of aliphatic imine (C=N–C) groups is 1. The standard InChI is InChI=1S/C9H5ClN2S/c10-9-5-8(12-3-4-13)2-1-7(9)6-11/h1-5H. The largest absolute Gasteiger partial charge is 0.256 e. The summed E-state index contributed by atoms with van der Waals surface area (Å²) in [6.07, 6.45) is 1.49. The summed E-state index contributed by atoms with van der Waals surface area (Å²) >= 11 is 10.3. The van der Waals surface area contributed by atoms with Crippen LogP contribution in [-0.2, 0) is 0 Å². The molecule has 0 bridgehead atoms. The van der Waals surface area contributed by atoms with Gasteiger partial charge in [-0.2, -0.15) is 5.26 Å². The van der Waals surface area contributed by atoms with Crippen LogP contribution in [0.2, 0.25) is 5.02 Å². The Morgan fingerprint density at radius 2 is 2.31 bits per heavy atom. The van der Waals surface area contributed by atoms with E-state index in [1.807, 2.05) is 6.07 Å². The van der Waals surface area contributed by atoms with Gasteiger partial charge in [0.05, 0.1) is 16.3 Å². The first-order valence-corrected chi connectivity index (χ1v) is 4.30. The number of hydrogen-bond donors (Lipinski definition) is 0. The SMILES string of the molecule is N#Cc1ccc(N=CC=S)cc1Cl. The van der Waals surface area contributed by atoms with Crippen LogP contribution in [0.15, 0.2) is 23.2 Å². The second-order valence-electron chi connectivity index (χ2n) is 2.19. The molecule has 0 aliphatic rings. The van der Waals surface area contributed by atoms with Crippen LogP contribution in [0.5, 0.6) is 0 Å². The molecule has 0 spiro atoms. The van der Waals surface area contributed by atoms with Gasteiger partial charge in [-0.25, -0.2) is 0 Å². The van der Waals surface area contributed by atoms with Gasteiger partial charge in [-0.1, -0.05) is 23.8 Å². The van der Waals surface area contributed by atoms with Crippen molar-refractivity contribution in [2.75, 3.05) is 0 Å². The van der Waals surface area contributed by atoms with Crippen molar-refractivity contribution in [1.82, 2.24) is 0 Å². The first kappa shape index (κ1) is 9.85. The summed E-state index contributed by atoms with van der Waals surface area (Å²) < 4.78 is 0. The van der Waals surface area contributed by atoms with E-state index in [-0.39, 0.29) is 0 Å². The molecule has 4 heteroatoms. The van der Waals surface area contributed by atoms with E-state index in [1.165, 1.54) is 11.6 Å². The predicted molar refractivity (Wildman–Crippen MR) is 58.0 cm³/mol. The molecular formula is C9H5ClN2S. The third kappa shape index (κ3) is 2.62. The molecule has 1 rings (SSSR count). The number of nitriles is 1. The van der Waals surface area contributed by atoms with Crippen LogP contribution >= 0.6 is 23.8 Å². The number of nitrogens with zero attached hydrogens (tertiary/aromatic N) is 2. The molecule has 0 aromatic heterocycles.